The average molecular weight is 329 g/mol. The zero-order valence-corrected chi connectivity index (χ0v) is 13.9. The smallest absolute Gasteiger partial charge is 0.250 e. The first kappa shape index (κ1) is 18.7. The fourth-order valence-electron chi connectivity index (χ4n) is 2.04. The van der Waals surface area contributed by atoms with Gasteiger partial charge in [-0.3, -0.25) is 4.79 Å². The Morgan fingerprint density at radius 2 is 2.32 bits per heavy atom. The quantitative estimate of drug-likeness (QED) is 0.835. The molecule has 1 aliphatic rings. The molecule has 1 heterocycles. The van der Waals surface area contributed by atoms with Gasteiger partial charge in [-0.05, 0) is 23.6 Å². The summed E-state index contributed by atoms with van der Waals surface area (Å²) >= 11 is 0. The van der Waals surface area contributed by atoms with E-state index in [9.17, 15) is 4.79 Å². The molecule has 1 atom stereocenters. The van der Waals surface area contributed by atoms with E-state index in [1.54, 1.807) is 0 Å². The molecule has 2 rings (SSSR count). The predicted octanol–water partition coefficient (Wildman–Crippen LogP) is 1.75. The summed E-state index contributed by atoms with van der Waals surface area (Å²) < 4.78 is 11.1. The van der Waals surface area contributed by atoms with E-state index in [1.807, 2.05) is 24.3 Å². The van der Waals surface area contributed by atoms with E-state index in [2.05, 4.69) is 24.5 Å². The molecule has 0 aliphatic carbocycles. The Bertz CT molecular complexity index is 462. The van der Waals surface area contributed by atoms with E-state index in [0.29, 0.717) is 32.2 Å². The van der Waals surface area contributed by atoms with Crippen LogP contribution in [0.4, 0.5) is 0 Å². The summed E-state index contributed by atoms with van der Waals surface area (Å²) in [6, 6.07) is 7.81. The summed E-state index contributed by atoms with van der Waals surface area (Å²) in [6.07, 6.45) is -0.390. The number of amides is 1. The molecule has 1 unspecified atom stereocenters. The van der Waals surface area contributed by atoms with Crippen molar-refractivity contribution >= 4 is 18.3 Å². The van der Waals surface area contributed by atoms with Gasteiger partial charge in [0, 0.05) is 19.6 Å². The van der Waals surface area contributed by atoms with E-state index in [-0.39, 0.29) is 24.4 Å². The molecule has 1 amide bonds. The number of nitrogens with one attached hydrogen (secondary N) is 2. The molecular weight excluding hydrogens is 304 g/mol. The summed E-state index contributed by atoms with van der Waals surface area (Å²) in [7, 11) is 0. The second kappa shape index (κ2) is 9.66. The molecule has 1 aromatic carbocycles. The molecule has 0 aromatic heterocycles. The number of benzene rings is 1. The third-order valence-electron chi connectivity index (χ3n) is 3.17. The molecule has 1 saturated heterocycles. The Labute approximate surface area is 138 Å². The van der Waals surface area contributed by atoms with Crippen LogP contribution >= 0.6 is 12.4 Å². The van der Waals surface area contributed by atoms with Crippen molar-refractivity contribution in [2.24, 2.45) is 5.92 Å². The highest BCUT2D eigenvalue weighted by atomic mass is 35.5. The van der Waals surface area contributed by atoms with Gasteiger partial charge in [-0.15, -0.1) is 12.4 Å². The van der Waals surface area contributed by atoms with E-state index < -0.39 is 0 Å². The average Bonchev–Trinajstić information content (AvgIpc) is 2.52. The number of ether oxygens (including phenoxy) is 2. The van der Waals surface area contributed by atoms with Crippen LogP contribution in [0.3, 0.4) is 0 Å². The van der Waals surface area contributed by atoms with Gasteiger partial charge in [-0.2, -0.15) is 0 Å². The number of carbonyl (C=O) groups is 1. The van der Waals surface area contributed by atoms with Crippen LogP contribution in [0.25, 0.3) is 0 Å². The van der Waals surface area contributed by atoms with Gasteiger partial charge in [0.05, 0.1) is 13.2 Å². The molecule has 2 N–H and O–H groups in total. The van der Waals surface area contributed by atoms with Gasteiger partial charge in [-0.25, -0.2) is 0 Å². The van der Waals surface area contributed by atoms with Crippen LogP contribution in [0.2, 0.25) is 0 Å². The summed E-state index contributed by atoms with van der Waals surface area (Å²) in [6.45, 7) is 7.36. The first-order chi connectivity index (χ1) is 10.1. The lowest BCUT2D eigenvalue weighted by molar-refractivity contribution is -0.134. The lowest BCUT2D eigenvalue weighted by atomic mass is 10.2. The zero-order valence-electron chi connectivity index (χ0n) is 13.1. The van der Waals surface area contributed by atoms with Crippen molar-refractivity contribution in [1.82, 2.24) is 10.6 Å². The van der Waals surface area contributed by atoms with Gasteiger partial charge in [-0.1, -0.05) is 26.0 Å². The molecule has 1 aromatic rings. The largest absolute Gasteiger partial charge is 0.493 e. The SMILES string of the molecule is CC(C)COc1cccc(CNC(=O)C2CNCCO2)c1.Cl. The van der Waals surface area contributed by atoms with E-state index >= 15 is 0 Å². The molecule has 0 radical (unpaired) electrons. The number of hydrogen-bond donors (Lipinski definition) is 2. The zero-order chi connectivity index (χ0) is 15.1. The molecule has 22 heavy (non-hydrogen) atoms. The van der Waals surface area contributed by atoms with Gasteiger partial charge >= 0.3 is 0 Å². The summed E-state index contributed by atoms with van der Waals surface area (Å²) in [4.78, 5) is 12.0. The van der Waals surface area contributed by atoms with Crippen LogP contribution in [-0.4, -0.2) is 38.3 Å². The Morgan fingerprint density at radius 3 is 3.00 bits per heavy atom. The van der Waals surface area contributed by atoms with Crippen LogP contribution in [0.5, 0.6) is 5.75 Å². The molecule has 124 valence electrons. The van der Waals surface area contributed by atoms with E-state index in [1.165, 1.54) is 0 Å². The lowest BCUT2D eigenvalue weighted by Crippen LogP contribution is -2.47. The third kappa shape index (κ3) is 6.22. The van der Waals surface area contributed by atoms with Gasteiger partial charge in [0.15, 0.2) is 0 Å². The topological polar surface area (TPSA) is 59.6 Å². The molecule has 0 bridgehead atoms. The highest BCUT2D eigenvalue weighted by molar-refractivity contribution is 5.85. The van der Waals surface area contributed by atoms with Crippen molar-refractivity contribution in [2.75, 3.05) is 26.3 Å². The Hall–Kier alpha value is -1.30. The minimum atomic E-state index is -0.390. The number of morpholine rings is 1. The summed E-state index contributed by atoms with van der Waals surface area (Å²) in [5.41, 5.74) is 1.02. The minimum Gasteiger partial charge on any atom is -0.493 e. The van der Waals surface area contributed by atoms with Crippen molar-refractivity contribution in [3.8, 4) is 5.75 Å². The highest BCUT2D eigenvalue weighted by Crippen LogP contribution is 2.14. The second-order valence-corrected chi connectivity index (χ2v) is 5.63. The molecule has 1 fully saturated rings. The maximum Gasteiger partial charge on any atom is 0.250 e. The number of hydrogen-bond acceptors (Lipinski definition) is 4. The predicted molar refractivity (Wildman–Crippen MR) is 88.5 cm³/mol. The fourth-order valence-corrected chi connectivity index (χ4v) is 2.04. The van der Waals surface area contributed by atoms with E-state index in [4.69, 9.17) is 9.47 Å². The van der Waals surface area contributed by atoms with Gasteiger partial charge in [0.2, 0.25) is 0 Å². The third-order valence-corrected chi connectivity index (χ3v) is 3.17. The van der Waals surface area contributed by atoms with Crippen molar-refractivity contribution < 1.29 is 14.3 Å². The second-order valence-electron chi connectivity index (χ2n) is 5.63. The maximum absolute atomic E-state index is 12.0. The lowest BCUT2D eigenvalue weighted by Gasteiger charge is -2.22. The Kier molecular flexibility index (Phi) is 8.24. The van der Waals surface area contributed by atoms with Crippen LogP contribution in [-0.2, 0) is 16.1 Å². The highest BCUT2D eigenvalue weighted by Gasteiger charge is 2.21. The van der Waals surface area contributed by atoms with Crippen LogP contribution in [0.15, 0.2) is 24.3 Å². The number of rotatable bonds is 6. The first-order valence-corrected chi connectivity index (χ1v) is 7.47. The minimum absolute atomic E-state index is 0. The molecule has 5 nitrogen and oxygen atoms in total. The molecule has 1 aliphatic heterocycles. The van der Waals surface area contributed by atoms with Crippen LogP contribution < -0.4 is 15.4 Å². The Morgan fingerprint density at radius 1 is 1.50 bits per heavy atom. The Balaban J connectivity index is 0.00000242. The van der Waals surface area contributed by atoms with Gasteiger partial charge < -0.3 is 20.1 Å². The monoisotopic (exact) mass is 328 g/mol. The molecule has 6 heteroatoms. The normalized spacial score (nSPS) is 17.7. The van der Waals surface area contributed by atoms with Crippen molar-refractivity contribution in [3.63, 3.8) is 0 Å². The molecule has 0 spiro atoms. The first-order valence-electron chi connectivity index (χ1n) is 7.47. The number of halogens is 1. The standard InChI is InChI=1S/C16H24N2O3.ClH/c1-12(2)11-21-14-5-3-4-13(8-14)9-18-16(19)15-10-17-6-7-20-15;/h3-5,8,12,15,17H,6-7,9-11H2,1-2H3,(H,18,19);1H. The van der Waals surface area contributed by atoms with Crippen molar-refractivity contribution in [1.29, 1.82) is 0 Å². The fraction of sp³-hybridized carbons (Fsp3) is 0.562. The summed E-state index contributed by atoms with van der Waals surface area (Å²) in [5.74, 6) is 1.26. The van der Waals surface area contributed by atoms with Gasteiger partial charge in [0.1, 0.15) is 11.9 Å². The van der Waals surface area contributed by atoms with Crippen molar-refractivity contribution in [2.45, 2.75) is 26.5 Å². The van der Waals surface area contributed by atoms with Gasteiger partial charge in [0.25, 0.3) is 5.91 Å². The van der Waals surface area contributed by atoms with Crippen molar-refractivity contribution in [3.05, 3.63) is 29.8 Å². The number of carbonyl (C=O) groups excluding carboxylic acids is 1. The summed E-state index contributed by atoms with van der Waals surface area (Å²) in [5, 5.41) is 6.05. The maximum atomic E-state index is 12.0. The van der Waals surface area contributed by atoms with Crippen LogP contribution in [0.1, 0.15) is 19.4 Å². The molecular formula is C16H25ClN2O3. The van der Waals surface area contributed by atoms with E-state index in [0.717, 1.165) is 17.9 Å². The molecule has 0 saturated carbocycles. The van der Waals surface area contributed by atoms with Crippen LogP contribution in [0, 0.1) is 5.92 Å².